The molecule has 4 heteroatoms. The van der Waals surface area contributed by atoms with Crippen LogP contribution < -0.4 is 0 Å². The van der Waals surface area contributed by atoms with E-state index in [-0.39, 0.29) is 18.1 Å². The minimum absolute atomic E-state index is 0.0642. The topological polar surface area (TPSA) is 55.8 Å². The van der Waals surface area contributed by atoms with E-state index in [4.69, 9.17) is 14.6 Å². The van der Waals surface area contributed by atoms with E-state index in [9.17, 15) is 4.79 Å². The molecule has 1 aromatic carbocycles. The van der Waals surface area contributed by atoms with Crippen LogP contribution in [0.25, 0.3) is 6.08 Å². The molecule has 1 aliphatic rings. The number of ether oxygens (including phenoxy) is 2. The van der Waals surface area contributed by atoms with E-state index >= 15 is 0 Å². The Morgan fingerprint density at radius 1 is 1.31 bits per heavy atom. The van der Waals surface area contributed by atoms with Gasteiger partial charge in [-0.1, -0.05) is 30.3 Å². The Hall–Kier alpha value is -2.23. The van der Waals surface area contributed by atoms with E-state index in [2.05, 4.69) is 0 Å². The van der Waals surface area contributed by atoms with Gasteiger partial charge in [0.05, 0.1) is 0 Å². The molecule has 0 unspecified atom stereocenters. The van der Waals surface area contributed by atoms with Gasteiger partial charge in [-0.25, -0.2) is 4.79 Å². The molecule has 2 rings (SSSR count). The van der Waals surface area contributed by atoms with Gasteiger partial charge in [0.1, 0.15) is 11.8 Å². The second-order valence-electron chi connectivity index (χ2n) is 3.18. The quantitative estimate of drug-likeness (QED) is 0.788. The number of aliphatic carboxylic acids is 1. The fourth-order valence-electron chi connectivity index (χ4n) is 1.34. The molecule has 0 amide bonds. The first kappa shape index (κ1) is 10.3. The molecule has 0 atom stereocenters. The van der Waals surface area contributed by atoms with Crippen molar-refractivity contribution in [2.24, 2.45) is 0 Å². The highest BCUT2D eigenvalue weighted by molar-refractivity contribution is 5.96. The number of carboxylic acid groups (broad SMARTS) is 1. The molecule has 0 saturated carbocycles. The Labute approximate surface area is 92.4 Å². The normalized spacial score (nSPS) is 15.0. The van der Waals surface area contributed by atoms with E-state index < -0.39 is 5.97 Å². The maximum absolute atomic E-state index is 11.0. The van der Waals surface area contributed by atoms with Crippen molar-refractivity contribution in [2.75, 3.05) is 6.79 Å². The minimum Gasteiger partial charge on any atom is -0.478 e. The predicted octanol–water partition coefficient (Wildman–Crippen LogP) is 2.00. The van der Waals surface area contributed by atoms with Gasteiger partial charge in [0.2, 0.25) is 6.79 Å². The van der Waals surface area contributed by atoms with Gasteiger partial charge in [0.25, 0.3) is 0 Å². The third kappa shape index (κ3) is 2.23. The van der Waals surface area contributed by atoms with Gasteiger partial charge < -0.3 is 14.6 Å². The summed E-state index contributed by atoms with van der Waals surface area (Å²) in [6, 6.07) is 9.18. The van der Waals surface area contributed by atoms with Crippen LogP contribution in [-0.4, -0.2) is 17.9 Å². The molecule has 0 bridgehead atoms. The van der Waals surface area contributed by atoms with Crippen LogP contribution in [0, 0.1) is 0 Å². The van der Waals surface area contributed by atoms with E-state index in [1.807, 2.05) is 30.3 Å². The fraction of sp³-hybridized carbons (Fsp3) is 0.0833. The monoisotopic (exact) mass is 218 g/mol. The van der Waals surface area contributed by atoms with Crippen molar-refractivity contribution in [1.29, 1.82) is 0 Å². The van der Waals surface area contributed by atoms with Crippen LogP contribution in [0.4, 0.5) is 0 Å². The molecule has 0 aliphatic carbocycles. The first-order chi connectivity index (χ1) is 7.77. The van der Waals surface area contributed by atoms with Gasteiger partial charge in [-0.2, -0.15) is 0 Å². The number of rotatable bonds is 3. The van der Waals surface area contributed by atoms with Gasteiger partial charge in [0, 0.05) is 0 Å². The van der Waals surface area contributed by atoms with Crippen LogP contribution in [0.5, 0.6) is 0 Å². The van der Waals surface area contributed by atoms with E-state index in [1.54, 1.807) is 6.08 Å². The van der Waals surface area contributed by atoms with E-state index in [1.165, 1.54) is 6.26 Å². The van der Waals surface area contributed by atoms with Crippen LogP contribution in [0.15, 0.2) is 47.9 Å². The number of hydrogen-bond donors (Lipinski definition) is 1. The lowest BCUT2D eigenvalue weighted by Gasteiger charge is -2.02. The highest BCUT2D eigenvalue weighted by Gasteiger charge is 2.18. The van der Waals surface area contributed by atoms with Crippen molar-refractivity contribution in [3.63, 3.8) is 0 Å². The average molecular weight is 218 g/mol. The summed E-state index contributed by atoms with van der Waals surface area (Å²) in [7, 11) is 0. The summed E-state index contributed by atoms with van der Waals surface area (Å²) < 4.78 is 9.88. The zero-order valence-electron chi connectivity index (χ0n) is 8.42. The lowest BCUT2D eigenvalue weighted by Crippen LogP contribution is -2.04. The van der Waals surface area contributed by atoms with Crippen LogP contribution in [0.2, 0.25) is 0 Å². The third-order valence-electron chi connectivity index (χ3n) is 2.08. The molecule has 0 fully saturated rings. The van der Waals surface area contributed by atoms with Crippen LogP contribution >= 0.6 is 0 Å². The fourth-order valence-corrected chi connectivity index (χ4v) is 1.34. The number of carboxylic acids is 1. The molecule has 1 aromatic rings. The van der Waals surface area contributed by atoms with E-state index in [0.29, 0.717) is 0 Å². The van der Waals surface area contributed by atoms with Gasteiger partial charge in [0.15, 0.2) is 5.76 Å². The number of carbonyl (C=O) groups is 1. The molecule has 4 nitrogen and oxygen atoms in total. The van der Waals surface area contributed by atoms with Crippen LogP contribution in [-0.2, 0) is 14.3 Å². The molecule has 16 heavy (non-hydrogen) atoms. The van der Waals surface area contributed by atoms with E-state index in [0.717, 1.165) is 5.56 Å². The Bertz CT molecular complexity index is 445. The zero-order chi connectivity index (χ0) is 11.4. The summed E-state index contributed by atoms with van der Waals surface area (Å²) in [5.74, 6) is -0.794. The molecule has 0 saturated heterocycles. The van der Waals surface area contributed by atoms with Crippen molar-refractivity contribution >= 4 is 12.0 Å². The highest BCUT2D eigenvalue weighted by Crippen LogP contribution is 2.19. The van der Waals surface area contributed by atoms with Crippen LogP contribution in [0.3, 0.4) is 0 Å². The minimum atomic E-state index is -1.04. The summed E-state index contributed by atoms with van der Waals surface area (Å²) in [4.78, 5) is 11.0. The highest BCUT2D eigenvalue weighted by atomic mass is 16.7. The Balaban J connectivity index is 2.33. The SMILES string of the molecule is O=C(O)C(=Cc1ccccc1)C1=COCO1. The molecule has 0 aromatic heterocycles. The van der Waals surface area contributed by atoms with Gasteiger partial charge in [-0.3, -0.25) is 0 Å². The Kier molecular flexibility index (Phi) is 2.91. The predicted molar refractivity (Wildman–Crippen MR) is 57.2 cm³/mol. The maximum Gasteiger partial charge on any atom is 0.339 e. The summed E-state index contributed by atoms with van der Waals surface area (Å²) in [6.07, 6.45) is 2.85. The summed E-state index contributed by atoms with van der Waals surface area (Å²) in [5.41, 5.74) is 0.889. The summed E-state index contributed by atoms with van der Waals surface area (Å²) in [5, 5.41) is 9.05. The molecular formula is C12H10O4. The number of hydrogen-bond acceptors (Lipinski definition) is 3. The van der Waals surface area contributed by atoms with Crippen molar-refractivity contribution in [2.45, 2.75) is 0 Å². The second-order valence-corrected chi connectivity index (χ2v) is 3.18. The van der Waals surface area contributed by atoms with Gasteiger partial charge in [-0.15, -0.1) is 0 Å². The van der Waals surface area contributed by atoms with Crippen molar-refractivity contribution in [3.8, 4) is 0 Å². The standard InChI is InChI=1S/C12H10O4/c13-12(14)10(11-7-15-8-16-11)6-9-4-2-1-3-5-9/h1-7H,8H2,(H,13,14). The lowest BCUT2D eigenvalue weighted by atomic mass is 10.1. The first-order valence-corrected chi connectivity index (χ1v) is 4.72. The number of benzene rings is 1. The molecule has 0 spiro atoms. The van der Waals surface area contributed by atoms with Crippen molar-refractivity contribution in [1.82, 2.24) is 0 Å². The molecule has 1 N–H and O–H groups in total. The largest absolute Gasteiger partial charge is 0.478 e. The summed E-state index contributed by atoms with van der Waals surface area (Å²) in [6.45, 7) is 0.0642. The third-order valence-corrected chi connectivity index (χ3v) is 2.08. The maximum atomic E-state index is 11.0. The van der Waals surface area contributed by atoms with Crippen molar-refractivity contribution < 1.29 is 19.4 Å². The molecule has 1 heterocycles. The molecule has 82 valence electrons. The second kappa shape index (κ2) is 4.53. The molecule has 0 radical (unpaired) electrons. The molecule has 1 aliphatic heterocycles. The Morgan fingerprint density at radius 2 is 2.06 bits per heavy atom. The first-order valence-electron chi connectivity index (χ1n) is 4.72. The Morgan fingerprint density at radius 3 is 2.62 bits per heavy atom. The smallest absolute Gasteiger partial charge is 0.339 e. The van der Waals surface area contributed by atoms with Gasteiger partial charge >= 0.3 is 5.97 Å². The van der Waals surface area contributed by atoms with Crippen molar-refractivity contribution in [3.05, 3.63) is 53.5 Å². The summed E-state index contributed by atoms with van der Waals surface area (Å²) >= 11 is 0. The van der Waals surface area contributed by atoms with Crippen LogP contribution in [0.1, 0.15) is 5.56 Å². The zero-order valence-corrected chi connectivity index (χ0v) is 8.42. The lowest BCUT2D eigenvalue weighted by molar-refractivity contribution is -0.132. The molecular weight excluding hydrogens is 208 g/mol. The average Bonchev–Trinajstić information content (AvgIpc) is 2.80. The van der Waals surface area contributed by atoms with Gasteiger partial charge in [-0.05, 0) is 11.6 Å².